The van der Waals surface area contributed by atoms with E-state index >= 15 is 0 Å². The SMILES string of the molecule is CCOC(C)=C1SC(=S)N(CC)C1=O. The Balaban J connectivity index is 2.90. The van der Waals surface area contributed by atoms with Crippen molar-refractivity contribution in [2.45, 2.75) is 20.8 Å². The normalized spacial score (nSPS) is 20.4. The van der Waals surface area contributed by atoms with Crippen molar-refractivity contribution in [3.63, 3.8) is 0 Å². The number of amides is 1. The molecule has 1 aliphatic rings. The monoisotopic (exact) mass is 231 g/mol. The Hall–Kier alpha value is -0.550. The van der Waals surface area contributed by atoms with E-state index in [0.717, 1.165) is 0 Å². The maximum atomic E-state index is 11.7. The van der Waals surface area contributed by atoms with E-state index in [9.17, 15) is 4.79 Å². The largest absolute Gasteiger partial charge is 0.497 e. The Labute approximate surface area is 93.5 Å². The molecule has 0 radical (unpaired) electrons. The quantitative estimate of drug-likeness (QED) is 0.423. The standard InChI is InChI=1S/C9H13NO2S2/c1-4-10-8(11)7(14-9(10)13)6(3)12-5-2/h4-5H2,1-3H3. The average molecular weight is 231 g/mol. The summed E-state index contributed by atoms with van der Waals surface area (Å²) < 4.78 is 5.91. The van der Waals surface area contributed by atoms with Gasteiger partial charge in [0.05, 0.1) is 6.61 Å². The van der Waals surface area contributed by atoms with Gasteiger partial charge in [0, 0.05) is 6.54 Å². The van der Waals surface area contributed by atoms with Gasteiger partial charge in [-0.15, -0.1) is 0 Å². The van der Waals surface area contributed by atoms with Crippen LogP contribution in [0.15, 0.2) is 10.7 Å². The third-order valence-corrected chi connectivity index (χ3v) is 3.38. The number of likely N-dealkylation sites (N-methyl/N-ethyl adjacent to an activating group) is 1. The molecule has 14 heavy (non-hydrogen) atoms. The number of nitrogens with zero attached hydrogens (tertiary/aromatic N) is 1. The Morgan fingerprint density at radius 1 is 1.57 bits per heavy atom. The molecule has 1 aliphatic heterocycles. The molecule has 0 aromatic carbocycles. The second-order valence-corrected chi connectivity index (χ2v) is 4.38. The van der Waals surface area contributed by atoms with Gasteiger partial charge in [-0.25, -0.2) is 0 Å². The summed E-state index contributed by atoms with van der Waals surface area (Å²) in [4.78, 5) is 13.9. The molecule has 0 aromatic heterocycles. The molecule has 5 heteroatoms. The van der Waals surface area contributed by atoms with E-state index in [1.54, 1.807) is 11.8 Å². The van der Waals surface area contributed by atoms with Crippen LogP contribution in [0, 0.1) is 0 Å². The highest BCUT2D eigenvalue weighted by Gasteiger charge is 2.32. The predicted molar refractivity (Wildman–Crippen MR) is 61.9 cm³/mol. The van der Waals surface area contributed by atoms with Gasteiger partial charge in [-0.3, -0.25) is 9.69 Å². The number of carbonyl (C=O) groups is 1. The van der Waals surface area contributed by atoms with Crippen molar-refractivity contribution in [1.29, 1.82) is 0 Å². The maximum Gasteiger partial charge on any atom is 0.269 e. The van der Waals surface area contributed by atoms with Crippen molar-refractivity contribution < 1.29 is 9.53 Å². The van der Waals surface area contributed by atoms with Gasteiger partial charge in [0.1, 0.15) is 15.0 Å². The van der Waals surface area contributed by atoms with Gasteiger partial charge in [-0.1, -0.05) is 24.0 Å². The van der Waals surface area contributed by atoms with Crippen LogP contribution in [0.25, 0.3) is 0 Å². The fraction of sp³-hybridized carbons (Fsp3) is 0.556. The zero-order valence-electron chi connectivity index (χ0n) is 8.49. The summed E-state index contributed by atoms with van der Waals surface area (Å²) in [6.45, 7) is 6.79. The summed E-state index contributed by atoms with van der Waals surface area (Å²) in [6, 6.07) is 0. The number of hydrogen-bond donors (Lipinski definition) is 0. The second kappa shape index (κ2) is 4.79. The van der Waals surface area contributed by atoms with E-state index in [1.165, 1.54) is 11.8 Å². The molecule has 1 rings (SSSR count). The van der Waals surface area contributed by atoms with Crippen molar-refractivity contribution >= 4 is 34.2 Å². The van der Waals surface area contributed by atoms with Crippen molar-refractivity contribution in [3.05, 3.63) is 10.7 Å². The van der Waals surface area contributed by atoms with Crippen LogP contribution in [0.5, 0.6) is 0 Å². The molecule has 0 aliphatic carbocycles. The van der Waals surface area contributed by atoms with E-state index in [-0.39, 0.29) is 5.91 Å². The van der Waals surface area contributed by atoms with Gasteiger partial charge in [0.2, 0.25) is 0 Å². The van der Waals surface area contributed by atoms with Crippen LogP contribution in [0.3, 0.4) is 0 Å². The first kappa shape index (κ1) is 11.5. The predicted octanol–water partition coefficient (Wildman–Crippen LogP) is 2.13. The molecular weight excluding hydrogens is 218 g/mol. The Bertz CT molecular complexity index is 299. The molecule has 0 unspecified atom stereocenters. The molecule has 1 amide bonds. The molecule has 0 atom stereocenters. The molecule has 1 saturated heterocycles. The van der Waals surface area contributed by atoms with Gasteiger partial charge < -0.3 is 4.74 Å². The van der Waals surface area contributed by atoms with Crippen molar-refractivity contribution in [1.82, 2.24) is 4.90 Å². The van der Waals surface area contributed by atoms with Crippen LogP contribution < -0.4 is 0 Å². The van der Waals surface area contributed by atoms with E-state index in [4.69, 9.17) is 17.0 Å². The number of carbonyl (C=O) groups excluding carboxylic acids is 1. The van der Waals surface area contributed by atoms with Crippen molar-refractivity contribution in [3.8, 4) is 0 Å². The maximum absolute atomic E-state index is 11.7. The van der Waals surface area contributed by atoms with Crippen LogP contribution in [-0.4, -0.2) is 28.3 Å². The number of thioether (sulfide) groups is 1. The number of allylic oxidation sites excluding steroid dienone is 1. The molecule has 0 N–H and O–H groups in total. The molecule has 78 valence electrons. The van der Waals surface area contributed by atoms with Crippen LogP contribution in [0.2, 0.25) is 0 Å². The molecular formula is C9H13NO2S2. The second-order valence-electron chi connectivity index (χ2n) is 2.74. The van der Waals surface area contributed by atoms with Gasteiger partial charge in [-0.05, 0) is 20.8 Å². The van der Waals surface area contributed by atoms with Crippen LogP contribution in [0.4, 0.5) is 0 Å². The molecule has 0 bridgehead atoms. The summed E-state index contributed by atoms with van der Waals surface area (Å²) in [6.07, 6.45) is 0. The molecule has 3 nitrogen and oxygen atoms in total. The smallest absolute Gasteiger partial charge is 0.269 e. The fourth-order valence-corrected chi connectivity index (χ4v) is 2.53. The Morgan fingerprint density at radius 2 is 2.21 bits per heavy atom. The number of thiocarbonyl (C=S) groups is 1. The summed E-state index contributed by atoms with van der Waals surface area (Å²) in [7, 11) is 0. The van der Waals surface area contributed by atoms with Crippen LogP contribution in [0.1, 0.15) is 20.8 Å². The van der Waals surface area contributed by atoms with E-state index in [1.807, 2.05) is 13.8 Å². The molecule has 1 fully saturated rings. The lowest BCUT2D eigenvalue weighted by Crippen LogP contribution is -2.27. The van der Waals surface area contributed by atoms with Crippen molar-refractivity contribution in [2.24, 2.45) is 0 Å². The molecule has 1 heterocycles. The Kier molecular flexibility index (Phi) is 3.95. The minimum Gasteiger partial charge on any atom is -0.497 e. The summed E-state index contributed by atoms with van der Waals surface area (Å²) in [5, 5.41) is 0. The average Bonchev–Trinajstić information content (AvgIpc) is 2.42. The molecule has 0 spiro atoms. The first-order valence-electron chi connectivity index (χ1n) is 4.49. The highest BCUT2D eigenvalue weighted by molar-refractivity contribution is 8.26. The number of rotatable bonds is 3. The van der Waals surface area contributed by atoms with Gasteiger partial charge >= 0.3 is 0 Å². The minimum absolute atomic E-state index is 0.0338. The van der Waals surface area contributed by atoms with E-state index in [2.05, 4.69) is 0 Å². The third-order valence-electron chi connectivity index (χ3n) is 1.85. The van der Waals surface area contributed by atoms with Crippen molar-refractivity contribution in [2.75, 3.05) is 13.2 Å². The zero-order chi connectivity index (χ0) is 10.7. The van der Waals surface area contributed by atoms with Gasteiger partial charge in [0.15, 0.2) is 0 Å². The molecule has 0 saturated carbocycles. The number of ether oxygens (including phenoxy) is 1. The topological polar surface area (TPSA) is 29.5 Å². The van der Waals surface area contributed by atoms with Crippen LogP contribution in [-0.2, 0) is 9.53 Å². The number of hydrogen-bond acceptors (Lipinski definition) is 4. The summed E-state index contributed by atoms with van der Waals surface area (Å²) >= 11 is 6.39. The van der Waals surface area contributed by atoms with Gasteiger partial charge in [0.25, 0.3) is 5.91 Å². The first-order valence-corrected chi connectivity index (χ1v) is 5.71. The minimum atomic E-state index is -0.0338. The lowest BCUT2D eigenvalue weighted by molar-refractivity contribution is -0.122. The highest BCUT2D eigenvalue weighted by atomic mass is 32.2. The van der Waals surface area contributed by atoms with E-state index in [0.29, 0.717) is 28.1 Å². The Morgan fingerprint density at radius 3 is 2.64 bits per heavy atom. The molecule has 0 aromatic rings. The first-order chi connectivity index (χ1) is 6.61. The summed E-state index contributed by atoms with van der Waals surface area (Å²) in [5.74, 6) is 0.634. The lowest BCUT2D eigenvalue weighted by Gasteiger charge is -2.10. The summed E-state index contributed by atoms with van der Waals surface area (Å²) in [5.41, 5.74) is 0. The highest BCUT2D eigenvalue weighted by Crippen LogP contribution is 2.33. The van der Waals surface area contributed by atoms with Gasteiger partial charge in [-0.2, -0.15) is 0 Å². The zero-order valence-corrected chi connectivity index (χ0v) is 10.1. The van der Waals surface area contributed by atoms with Crippen LogP contribution >= 0.6 is 24.0 Å². The van der Waals surface area contributed by atoms with E-state index < -0.39 is 0 Å². The fourth-order valence-electron chi connectivity index (χ4n) is 1.17. The third kappa shape index (κ3) is 2.09. The lowest BCUT2D eigenvalue weighted by atomic mass is 10.4.